The van der Waals surface area contributed by atoms with Gasteiger partial charge in [-0.2, -0.15) is 0 Å². The third-order valence-electron chi connectivity index (χ3n) is 3.29. The molecule has 0 saturated carbocycles. The van der Waals surface area contributed by atoms with Gasteiger partial charge in [0.1, 0.15) is 11.8 Å². The number of amides is 2. The van der Waals surface area contributed by atoms with Crippen molar-refractivity contribution in [2.75, 3.05) is 18.5 Å². The molecule has 0 bridgehead atoms. The van der Waals surface area contributed by atoms with Crippen molar-refractivity contribution >= 4 is 17.7 Å². The average molecular weight is 264 g/mol. The van der Waals surface area contributed by atoms with Crippen molar-refractivity contribution in [2.24, 2.45) is 0 Å². The summed E-state index contributed by atoms with van der Waals surface area (Å²) in [5, 5.41) is 18.5. The first-order valence-corrected chi connectivity index (χ1v) is 6.07. The molecule has 0 unspecified atom stereocenters. The minimum atomic E-state index is -0.977. The van der Waals surface area contributed by atoms with Gasteiger partial charge < -0.3 is 15.1 Å². The van der Waals surface area contributed by atoms with Crippen LogP contribution in [0.5, 0.6) is 5.75 Å². The standard InChI is InChI=1S/C13H16N2O4/c1-14(9-4-2-5-10(16)8-9)13(19)15-7-3-6-11(15)12(17)18/h2,4-5,8,11,16H,3,6-7H2,1H3,(H,17,18)/t11-/m0/s1. The number of aliphatic carboxylic acids is 1. The van der Waals surface area contributed by atoms with Gasteiger partial charge in [-0.15, -0.1) is 0 Å². The summed E-state index contributed by atoms with van der Waals surface area (Å²) in [4.78, 5) is 26.1. The second kappa shape index (κ2) is 5.17. The Morgan fingerprint density at radius 3 is 2.79 bits per heavy atom. The zero-order valence-corrected chi connectivity index (χ0v) is 10.6. The van der Waals surface area contributed by atoms with E-state index < -0.39 is 12.0 Å². The predicted octanol–water partition coefficient (Wildman–Crippen LogP) is 1.50. The summed E-state index contributed by atoms with van der Waals surface area (Å²) < 4.78 is 0. The first-order chi connectivity index (χ1) is 9.00. The van der Waals surface area contributed by atoms with E-state index in [1.165, 1.54) is 21.9 Å². The Bertz CT molecular complexity index is 503. The fraction of sp³-hybridized carbons (Fsp3) is 0.385. The minimum absolute atomic E-state index is 0.0633. The first kappa shape index (κ1) is 13.2. The van der Waals surface area contributed by atoms with Crippen LogP contribution in [0.1, 0.15) is 12.8 Å². The fourth-order valence-electron chi connectivity index (χ4n) is 2.26. The molecule has 1 aromatic carbocycles. The van der Waals surface area contributed by atoms with E-state index in [0.29, 0.717) is 25.1 Å². The quantitative estimate of drug-likeness (QED) is 0.848. The summed E-state index contributed by atoms with van der Waals surface area (Å²) in [5.41, 5.74) is 0.529. The van der Waals surface area contributed by atoms with Crippen LogP contribution in [0, 0.1) is 0 Å². The van der Waals surface area contributed by atoms with Crippen LogP contribution >= 0.6 is 0 Å². The van der Waals surface area contributed by atoms with E-state index in [9.17, 15) is 14.7 Å². The summed E-state index contributed by atoms with van der Waals surface area (Å²) >= 11 is 0. The number of hydrogen-bond acceptors (Lipinski definition) is 3. The summed E-state index contributed by atoms with van der Waals surface area (Å²) in [6, 6.07) is 5.17. The van der Waals surface area contributed by atoms with E-state index in [4.69, 9.17) is 5.11 Å². The van der Waals surface area contributed by atoms with Crippen LogP contribution in [0.3, 0.4) is 0 Å². The van der Waals surface area contributed by atoms with Crippen molar-refractivity contribution in [3.05, 3.63) is 24.3 Å². The number of anilines is 1. The lowest BCUT2D eigenvalue weighted by Gasteiger charge is -2.27. The van der Waals surface area contributed by atoms with Crippen molar-refractivity contribution in [1.29, 1.82) is 0 Å². The van der Waals surface area contributed by atoms with E-state index in [0.717, 1.165) is 0 Å². The lowest BCUT2D eigenvalue weighted by molar-refractivity contribution is -0.141. The van der Waals surface area contributed by atoms with Gasteiger partial charge in [0.05, 0.1) is 0 Å². The van der Waals surface area contributed by atoms with Gasteiger partial charge >= 0.3 is 12.0 Å². The molecule has 1 aliphatic rings. The van der Waals surface area contributed by atoms with E-state index in [1.54, 1.807) is 19.2 Å². The molecule has 1 atom stereocenters. The molecular weight excluding hydrogens is 248 g/mol. The number of aromatic hydroxyl groups is 1. The van der Waals surface area contributed by atoms with Gasteiger partial charge in [-0.05, 0) is 25.0 Å². The lowest BCUT2D eigenvalue weighted by atomic mass is 10.2. The van der Waals surface area contributed by atoms with Gasteiger partial charge in [-0.3, -0.25) is 4.90 Å². The fourth-order valence-corrected chi connectivity index (χ4v) is 2.26. The van der Waals surface area contributed by atoms with Gasteiger partial charge in [0, 0.05) is 25.3 Å². The van der Waals surface area contributed by atoms with Crippen molar-refractivity contribution < 1.29 is 19.8 Å². The Hall–Kier alpha value is -2.24. The second-order valence-corrected chi connectivity index (χ2v) is 4.55. The highest BCUT2D eigenvalue weighted by Crippen LogP contribution is 2.23. The van der Waals surface area contributed by atoms with Crippen LogP contribution in [0.15, 0.2) is 24.3 Å². The number of benzene rings is 1. The molecule has 1 fully saturated rings. The molecule has 2 amide bonds. The van der Waals surface area contributed by atoms with Gasteiger partial charge in [0.2, 0.25) is 0 Å². The molecule has 6 nitrogen and oxygen atoms in total. The number of hydrogen-bond donors (Lipinski definition) is 2. The van der Waals surface area contributed by atoms with Gasteiger partial charge in [0.15, 0.2) is 0 Å². The molecule has 1 aromatic rings. The van der Waals surface area contributed by atoms with Gasteiger partial charge in [-0.1, -0.05) is 6.07 Å². The lowest BCUT2D eigenvalue weighted by Crippen LogP contribution is -2.46. The molecular formula is C13H16N2O4. The van der Waals surface area contributed by atoms with Crippen molar-refractivity contribution in [3.8, 4) is 5.75 Å². The Labute approximate surface area is 110 Å². The van der Waals surface area contributed by atoms with Crippen LogP contribution < -0.4 is 4.90 Å². The predicted molar refractivity (Wildman–Crippen MR) is 69.3 cm³/mol. The highest BCUT2D eigenvalue weighted by molar-refractivity contribution is 5.94. The molecule has 0 spiro atoms. The number of carbonyl (C=O) groups excluding carboxylic acids is 1. The maximum Gasteiger partial charge on any atom is 0.326 e. The number of urea groups is 1. The third kappa shape index (κ3) is 2.62. The first-order valence-electron chi connectivity index (χ1n) is 6.07. The minimum Gasteiger partial charge on any atom is -0.508 e. The number of carbonyl (C=O) groups is 2. The highest BCUT2D eigenvalue weighted by Gasteiger charge is 2.35. The molecule has 2 N–H and O–H groups in total. The smallest absolute Gasteiger partial charge is 0.326 e. The zero-order chi connectivity index (χ0) is 14.0. The van der Waals surface area contributed by atoms with E-state index in [2.05, 4.69) is 0 Å². The van der Waals surface area contributed by atoms with Crippen LogP contribution in [0.25, 0.3) is 0 Å². The average Bonchev–Trinajstić information content (AvgIpc) is 2.86. The molecule has 0 radical (unpaired) electrons. The Morgan fingerprint density at radius 1 is 1.42 bits per heavy atom. The van der Waals surface area contributed by atoms with Crippen LogP contribution in [-0.2, 0) is 4.79 Å². The van der Waals surface area contributed by atoms with E-state index in [-0.39, 0.29) is 11.8 Å². The second-order valence-electron chi connectivity index (χ2n) is 4.55. The molecule has 1 heterocycles. The van der Waals surface area contributed by atoms with Crippen LogP contribution in [-0.4, -0.2) is 46.7 Å². The topological polar surface area (TPSA) is 81.1 Å². The summed E-state index contributed by atoms with van der Waals surface area (Å²) in [5.74, 6) is -0.913. The van der Waals surface area contributed by atoms with Gasteiger partial charge in [-0.25, -0.2) is 9.59 Å². The number of rotatable bonds is 2. The summed E-state index contributed by atoms with van der Waals surface area (Å²) in [7, 11) is 1.56. The van der Waals surface area contributed by atoms with Crippen molar-refractivity contribution in [3.63, 3.8) is 0 Å². The molecule has 19 heavy (non-hydrogen) atoms. The SMILES string of the molecule is CN(C(=O)N1CCC[C@H]1C(=O)O)c1cccc(O)c1. The molecule has 0 aliphatic carbocycles. The molecule has 1 aliphatic heterocycles. The van der Waals surface area contributed by atoms with E-state index in [1.807, 2.05) is 0 Å². The number of carboxylic acids is 1. The highest BCUT2D eigenvalue weighted by atomic mass is 16.4. The number of nitrogens with zero attached hydrogens (tertiary/aromatic N) is 2. The third-order valence-corrected chi connectivity index (χ3v) is 3.29. The summed E-state index contributed by atoms with van der Waals surface area (Å²) in [6.07, 6.45) is 1.17. The maximum absolute atomic E-state index is 12.3. The van der Waals surface area contributed by atoms with Crippen molar-refractivity contribution in [2.45, 2.75) is 18.9 Å². The Balaban J connectivity index is 2.17. The Kier molecular flexibility index (Phi) is 3.59. The maximum atomic E-state index is 12.3. The zero-order valence-electron chi connectivity index (χ0n) is 10.6. The van der Waals surface area contributed by atoms with Crippen molar-refractivity contribution in [1.82, 2.24) is 4.90 Å². The van der Waals surface area contributed by atoms with Gasteiger partial charge in [0.25, 0.3) is 0 Å². The van der Waals surface area contributed by atoms with Crippen LogP contribution in [0.4, 0.5) is 10.5 Å². The summed E-state index contributed by atoms with van der Waals surface area (Å²) in [6.45, 7) is 0.443. The molecule has 102 valence electrons. The molecule has 0 aromatic heterocycles. The van der Waals surface area contributed by atoms with Crippen LogP contribution in [0.2, 0.25) is 0 Å². The number of phenols is 1. The molecule has 2 rings (SSSR count). The van der Waals surface area contributed by atoms with E-state index >= 15 is 0 Å². The molecule has 1 saturated heterocycles. The largest absolute Gasteiger partial charge is 0.508 e. The normalized spacial score (nSPS) is 18.4. The number of phenolic OH excluding ortho intramolecular Hbond substituents is 1. The monoisotopic (exact) mass is 264 g/mol. The number of likely N-dealkylation sites (tertiary alicyclic amines) is 1. The molecule has 6 heteroatoms. The number of carboxylic acid groups (broad SMARTS) is 1. The Morgan fingerprint density at radius 2 is 2.16 bits per heavy atom.